The molecule has 4 rings (SSSR count). The summed E-state index contributed by atoms with van der Waals surface area (Å²) in [7, 11) is 3.06. The molecule has 7 nitrogen and oxygen atoms in total. The first-order valence-electron chi connectivity index (χ1n) is 9.69. The van der Waals surface area contributed by atoms with Gasteiger partial charge in [-0.3, -0.25) is 14.2 Å². The van der Waals surface area contributed by atoms with E-state index in [1.165, 1.54) is 54.8 Å². The second-order valence-corrected chi connectivity index (χ2v) is 8.84. The Morgan fingerprint density at radius 3 is 2.66 bits per heavy atom. The van der Waals surface area contributed by atoms with Crippen LogP contribution in [-0.4, -0.2) is 41.2 Å². The number of nitrogens with zero attached hydrogens (tertiary/aromatic N) is 2. The molecule has 2 aromatic carbocycles. The number of fused-ring (bicyclic) bond motifs is 1. The lowest BCUT2D eigenvalue weighted by Gasteiger charge is -2.15. The van der Waals surface area contributed by atoms with Gasteiger partial charge < -0.3 is 14.8 Å². The average Bonchev–Trinajstić information content (AvgIpc) is 3.28. The zero-order chi connectivity index (χ0) is 22.7. The van der Waals surface area contributed by atoms with Gasteiger partial charge in [0.25, 0.3) is 5.56 Å². The van der Waals surface area contributed by atoms with Gasteiger partial charge in [-0.25, -0.2) is 9.37 Å². The molecule has 0 spiro atoms. The van der Waals surface area contributed by atoms with Gasteiger partial charge in [0.1, 0.15) is 5.82 Å². The normalized spacial score (nSPS) is 12.3. The van der Waals surface area contributed by atoms with Gasteiger partial charge in [-0.05, 0) is 36.4 Å². The van der Waals surface area contributed by atoms with Crippen molar-refractivity contribution in [2.45, 2.75) is 16.5 Å². The van der Waals surface area contributed by atoms with E-state index < -0.39 is 0 Å². The van der Waals surface area contributed by atoms with Gasteiger partial charge in [0.15, 0.2) is 16.7 Å². The van der Waals surface area contributed by atoms with E-state index in [2.05, 4.69) is 10.3 Å². The minimum atomic E-state index is -0.378. The number of aryl methyl sites for hydroxylation is 1. The first-order chi connectivity index (χ1) is 15.5. The summed E-state index contributed by atoms with van der Waals surface area (Å²) in [6.07, 6.45) is 0.706. The van der Waals surface area contributed by atoms with Crippen LogP contribution in [0.4, 0.5) is 10.1 Å². The molecule has 10 heteroatoms. The summed E-state index contributed by atoms with van der Waals surface area (Å²) < 4.78 is 25.2. The maximum absolute atomic E-state index is 13.3. The smallest absolute Gasteiger partial charge is 0.272 e. The monoisotopic (exact) mass is 473 g/mol. The van der Waals surface area contributed by atoms with Crippen molar-refractivity contribution in [3.63, 3.8) is 0 Å². The number of nitrogens with one attached hydrogen (secondary N) is 1. The lowest BCUT2D eigenvalue weighted by atomic mass is 10.2. The fourth-order valence-corrected chi connectivity index (χ4v) is 5.09. The highest BCUT2D eigenvalue weighted by Crippen LogP contribution is 2.33. The second-order valence-electron chi connectivity index (χ2n) is 6.79. The van der Waals surface area contributed by atoms with Gasteiger partial charge in [-0.2, -0.15) is 0 Å². The van der Waals surface area contributed by atoms with Crippen molar-refractivity contribution in [1.82, 2.24) is 9.55 Å². The molecule has 1 amide bonds. The molecule has 0 aliphatic carbocycles. The molecule has 0 radical (unpaired) electrons. The van der Waals surface area contributed by atoms with E-state index in [0.29, 0.717) is 39.3 Å². The lowest BCUT2D eigenvalue weighted by Crippen LogP contribution is -2.24. The van der Waals surface area contributed by atoms with Crippen LogP contribution in [0.2, 0.25) is 0 Å². The van der Waals surface area contributed by atoms with Crippen LogP contribution in [0.25, 0.3) is 5.69 Å². The molecule has 1 aliphatic heterocycles. The summed E-state index contributed by atoms with van der Waals surface area (Å²) in [4.78, 5) is 31.0. The standard InChI is InChI=1S/C22H20FN3O4S2/c1-29-17-8-7-15(11-18(17)30-2)26-21(28)20-16(9-10-31-20)25-22(26)32-12-19(27)24-14-5-3-13(23)4-6-14/h3-8,11H,9-10,12H2,1-2H3,(H,24,27). The maximum Gasteiger partial charge on any atom is 0.272 e. The number of rotatable bonds is 7. The summed E-state index contributed by atoms with van der Waals surface area (Å²) in [5.74, 6) is 1.18. The molecule has 1 N–H and O–H groups in total. The van der Waals surface area contributed by atoms with Crippen molar-refractivity contribution >= 4 is 35.1 Å². The molecule has 166 valence electrons. The summed E-state index contributed by atoms with van der Waals surface area (Å²) in [6, 6.07) is 10.7. The third kappa shape index (κ3) is 4.61. The molecule has 3 aromatic rings. The largest absolute Gasteiger partial charge is 0.493 e. The van der Waals surface area contributed by atoms with E-state index >= 15 is 0 Å². The molecule has 2 heterocycles. The summed E-state index contributed by atoms with van der Waals surface area (Å²) in [6.45, 7) is 0. The Balaban J connectivity index is 1.64. The van der Waals surface area contributed by atoms with Gasteiger partial charge in [-0.15, -0.1) is 11.8 Å². The van der Waals surface area contributed by atoms with Crippen molar-refractivity contribution in [3.8, 4) is 17.2 Å². The predicted molar refractivity (Wildman–Crippen MR) is 123 cm³/mol. The molecule has 0 unspecified atom stereocenters. The Morgan fingerprint density at radius 1 is 1.19 bits per heavy atom. The quantitative estimate of drug-likeness (QED) is 0.413. The van der Waals surface area contributed by atoms with E-state index in [4.69, 9.17) is 9.47 Å². The second kappa shape index (κ2) is 9.66. The Labute approximate surface area is 192 Å². The lowest BCUT2D eigenvalue weighted by molar-refractivity contribution is -0.113. The third-order valence-corrected chi connectivity index (χ3v) is 6.80. The van der Waals surface area contributed by atoms with Gasteiger partial charge in [0.2, 0.25) is 5.91 Å². The number of benzene rings is 2. The molecule has 0 fully saturated rings. The number of anilines is 1. The highest BCUT2D eigenvalue weighted by molar-refractivity contribution is 8.00. The summed E-state index contributed by atoms with van der Waals surface area (Å²) in [5, 5.41) is 3.13. The van der Waals surface area contributed by atoms with Crippen molar-refractivity contribution in [1.29, 1.82) is 0 Å². The zero-order valence-corrected chi connectivity index (χ0v) is 19.0. The van der Waals surface area contributed by atoms with E-state index in [9.17, 15) is 14.0 Å². The van der Waals surface area contributed by atoms with Gasteiger partial charge in [0, 0.05) is 23.9 Å². The number of aromatic nitrogens is 2. The Bertz CT molecular complexity index is 1220. The number of amides is 1. The predicted octanol–water partition coefficient (Wildman–Crippen LogP) is 3.77. The van der Waals surface area contributed by atoms with Crippen LogP contribution in [0.3, 0.4) is 0 Å². The van der Waals surface area contributed by atoms with Crippen LogP contribution < -0.4 is 20.3 Å². The van der Waals surface area contributed by atoms with Crippen LogP contribution >= 0.6 is 23.5 Å². The number of hydrogen-bond acceptors (Lipinski definition) is 7. The van der Waals surface area contributed by atoms with Crippen molar-refractivity contribution in [3.05, 3.63) is 64.3 Å². The molecule has 0 saturated carbocycles. The molecular formula is C22H20FN3O4S2. The fourth-order valence-electron chi connectivity index (χ4n) is 3.24. The highest BCUT2D eigenvalue weighted by atomic mass is 32.2. The Kier molecular flexibility index (Phi) is 6.71. The minimum absolute atomic E-state index is 0.0308. The first-order valence-corrected chi connectivity index (χ1v) is 11.7. The fraction of sp³-hybridized carbons (Fsp3) is 0.227. The topological polar surface area (TPSA) is 82.5 Å². The van der Waals surface area contributed by atoms with E-state index in [-0.39, 0.29) is 23.0 Å². The summed E-state index contributed by atoms with van der Waals surface area (Å²) >= 11 is 2.65. The number of carbonyl (C=O) groups excluding carboxylic acids is 1. The van der Waals surface area contributed by atoms with Crippen LogP contribution in [0.5, 0.6) is 11.5 Å². The maximum atomic E-state index is 13.3. The zero-order valence-electron chi connectivity index (χ0n) is 17.4. The first kappa shape index (κ1) is 22.2. The number of carbonyl (C=O) groups is 1. The third-order valence-electron chi connectivity index (χ3n) is 4.75. The molecular weight excluding hydrogens is 453 g/mol. The number of halogens is 1. The van der Waals surface area contributed by atoms with Crippen molar-refractivity contribution in [2.24, 2.45) is 0 Å². The number of methoxy groups -OCH3 is 2. The van der Waals surface area contributed by atoms with Crippen LogP contribution in [0.15, 0.2) is 57.3 Å². The number of ether oxygens (including phenoxy) is 2. The van der Waals surface area contributed by atoms with Crippen molar-refractivity contribution < 1.29 is 18.7 Å². The Morgan fingerprint density at radius 2 is 1.94 bits per heavy atom. The molecule has 0 saturated heterocycles. The minimum Gasteiger partial charge on any atom is -0.493 e. The van der Waals surface area contributed by atoms with E-state index in [1.807, 2.05) is 0 Å². The number of hydrogen-bond donors (Lipinski definition) is 1. The molecule has 1 aromatic heterocycles. The van der Waals surface area contributed by atoms with E-state index in [1.54, 1.807) is 18.2 Å². The molecule has 0 bridgehead atoms. The van der Waals surface area contributed by atoms with Crippen LogP contribution in [-0.2, 0) is 11.2 Å². The van der Waals surface area contributed by atoms with Gasteiger partial charge in [-0.1, -0.05) is 11.8 Å². The van der Waals surface area contributed by atoms with Crippen LogP contribution in [0, 0.1) is 5.82 Å². The summed E-state index contributed by atoms with van der Waals surface area (Å²) in [5.41, 5.74) is 1.63. The average molecular weight is 474 g/mol. The molecule has 32 heavy (non-hydrogen) atoms. The van der Waals surface area contributed by atoms with Crippen LogP contribution in [0.1, 0.15) is 5.69 Å². The molecule has 1 aliphatic rings. The SMILES string of the molecule is COc1ccc(-n2c(SCC(=O)Nc3ccc(F)cc3)nc3c(c2=O)SCC3)cc1OC. The highest BCUT2D eigenvalue weighted by Gasteiger charge is 2.23. The number of thioether (sulfide) groups is 2. The van der Waals surface area contributed by atoms with E-state index in [0.717, 1.165) is 23.2 Å². The Hall–Kier alpha value is -2.98. The molecule has 0 atom stereocenters. The van der Waals surface area contributed by atoms with Gasteiger partial charge in [0.05, 0.1) is 36.2 Å². The van der Waals surface area contributed by atoms with Gasteiger partial charge >= 0.3 is 0 Å². The van der Waals surface area contributed by atoms with Crippen molar-refractivity contribution in [2.75, 3.05) is 31.0 Å².